The summed E-state index contributed by atoms with van der Waals surface area (Å²) in [5, 5.41) is 3.01. The maximum Gasteiger partial charge on any atom is 0.237 e. The molecule has 0 unspecified atom stereocenters. The maximum absolute atomic E-state index is 12.6. The van der Waals surface area contributed by atoms with Gasteiger partial charge in [0.15, 0.2) is 11.5 Å². The smallest absolute Gasteiger partial charge is 0.237 e. The maximum atomic E-state index is 12.6. The van der Waals surface area contributed by atoms with Gasteiger partial charge in [0.05, 0.1) is 20.3 Å². The Balaban J connectivity index is 1.50. The monoisotopic (exact) mass is 385 g/mol. The van der Waals surface area contributed by atoms with Crippen molar-refractivity contribution in [3.63, 3.8) is 0 Å². The fourth-order valence-electron chi connectivity index (χ4n) is 3.26. The minimum atomic E-state index is -0.195. The Morgan fingerprint density at radius 3 is 2.43 bits per heavy atom. The number of amides is 1. The summed E-state index contributed by atoms with van der Waals surface area (Å²) >= 11 is 0. The van der Waals surface area contributed by atoms with E-state index in [2.05, 4.69) is 25.1 Å². The Hall–Kier alpha value is -2.87. The molecule has 8 heteroatoms. The second kappa shape index (κ2) is 9.36. The molecule has 0 radical (unpaired) electrons. The zero-order chi connectivity index (χ0) is 19.9. The van der Waals surface area contributed by atoms with Gasteiger partial charge in [-0.1, -0.05) is 6.07 Å². The first-order valence-electron chi connectivity index (χ1n) is 9.37. The fourth-order valence-corrected chi connectivity index (χ4v) is 3.26. The molecule has 1 amide bonds. The summed E-state index contributed by atoms with van der Waals surface area (Å²) in [6.45, 7) is 5.58. The molecular formula is C20H27N5O3. The number of nitrogens with zero attached hydrogens (tertiary/aromatic N) is 4. The van der Waals surface area contributed by atoms with Gasteiger partial charge in [-0.2, -0.15) is 0 Å². The van der Waals surface area contributed by atoms with E-state index in [1.165, 1.54) is 0 Å². The molecule has 3 rings (SSSR count). The van der Waals surface area contributed by atoms with E-state index < -0.39 is 0 Å². The molecule has 0 bridgehead atoms. The van der Waals surface area contributed by atoms with E-state index >= 15 is 0 Å². The van der Waals surface area contributed by atoms with E-state index in [0.717, 1.165) is 37.7 Å². The summed E-state index contributed by atoms with van der Waals surface area (Å²) in [4.78, 5) is 25.5. The van der Waals surface area contributed by atoms with Crippen LogP contribution in [0.3, 0.4) is 0 Å². The van der Waals surface area contributed by atoms with E-state index in [0.29, 0.717) is 18.0 Å². The first-order chi connectivity index (χ1) is 13.6. The molecule has 8 nitrogen and oxygen atoms in total. The van der Waals surface area contributed by atoms with Gasteiger partial charge in [0.2, 0.25) is 11.9 Å². The predicted molar refractivity (Wildman–Crippen MR) is 107 cm³/mol. The molecule has 1 fully saturated rings. The predicted octanol–water partition coefficient (Wildman–Crippen LogP) is 1.32. The lowest BCUT2D eigenvalue weighted by molar-refractivity contribution is -0.126. The van der Waals surface area contributed by atoms with Crippen molar-refractivity contribution < 1.29 is 14.3 Å². The topological polar surface area (TPSA) is 79.8 Å². The van der Waals surface area contributed by atoms with Crippen molar-refractivity contribution in [2.45, 2.75) is 19.5 Å². The van der Waals surface area contributed by atoms with Gasteiger partial charge in [0, 0.05) is 45.1 Å². The van der Waals surface area contributed by atoms with Gasteiger partial charge in [0.25, 0.3) is 0 Å². The Morgan fingerprint density at radius 2 is 1.79 bits per heavy atom. The summed E-state index contributed by atoms with van der Waals surface area (Å²) in [6, 6.07) is 7.26. The Labute approximate surface area is 165 Å². The van der Waals surface area contributed by atoms with E-state index in [-0.39, 0.29) is 11.9 Å². The fraction of sp³-hybridized carbons (Fsp3) is 0.450. The summed E-state index contributed by atoms with van der Waals surface area (Å²) in [5.74, 6) is 2.08. The van der Waals surface area contributed by atoms with Crippen LogP contribution >= 0.6 is 0 Å². The standard InChI is InChI=1S/C20H27N5O3/c1-15(24-9-11-25(12-10-24)20-21-7-4-8-22-20)19(26)23-14-16-5-6-17(27-2)18(13-16)28-3/h4-8,13,15H,9-12,14H2,1-3H3,(H,23,26)/t15-/m0/s1. The second-order valence-electron chi connectivity index (χ2n) is 6.65. The molecule has 28 heavy (non-hydrogen) atoms. The van der Waals surface area contributed by atoms with Crippen LogP contribution in [0.4, 0.5) is 5.95 Å². The van der Waals surface area contributed by atoms with Gasteiger partial charge >= 0.3 is 0 Å². The SMILES string of the molecule is COc1ccc(CNC(=O)[C@H](C)N2CCN(c3ncccn3)CC2)cc1OC. The largest absolute Gasteiger partial charge is 0.493 e. The number of benzene rings is 1. The number of aromatic nitrogens is 2. The van der Waals surface area contributed by atoms with Crippen LogP contribution in [-0.2, 0) is 11.3 Å². The molecule has 0 spiro atoms. The van der Waals surface area contributed by atoms with E-state index in [4.69, 9.17) is 9.47 Å². The molecule has 1 saturated heterocycles. The number of methoxy groups -OCH3 is 2. The number of anilines is 1. The van der Waals surface area contributed by atoms with Crippen LogP contribution in [-0.4, -0.2) is 67.2 Å². The summed E-state index contributed by atoms with van der Waals surface area (Å²) < 4.78 is 10.6. The van der Waals surface area contributed by atoms with Crippen LogP contribution in [0.1, 0.15) is 12.5 Å². The second-order valence-corrected chi connectivity index (χ2v) is 6.65. The molecule has 1 aromatic heterocycles. The van der Waals surface area contributed by atoms with Crippen LogP contribution in [0.2, 0.25) is 0 Å². The summed E-state index contributed by atoms with van der Waals surface area (Å²) in [7, 11) is 3.20. The van der Waals surface area contributed by atoms with Crippen molar-refractivity contribution in [1.82, 2.24) is 20.2 Å². The Morgan fingerprint density at radius 1 is 1.11 bits per heavy atom. The molecule has 0 saturated carbocycles. The van der Waals surface area contributed by atoms with Crippen molar-refractivity contribution in [3.8, 4) is 11.5 Å². The van der Waals surface area contributed by atoms with Crippen LogP contribution in [0.5, 0.6) is 11.5 Å². The number of carbonyl (C=O) groups excluding carboxylic acids is 1. The molecule has 150 valence electrons. The lowest BCUT2D eigenvalue weighted by atomic mass is 10.1. The number of hydrogen-bond acceptors (Lipinski definition) is 7. The van der Waals surface area contributed by atoms with E-state index in [1.807, 2.05) is 31.2 Å². The minimum Gasteiger partial charge on any atom is -0.493 e. The van der Waals surface area contributed by atoms with Crippen LogP contribution < -0.4 is 19.7 Å². The zero-order valence-electron chi connectivity index (χ0n) is 16.6. The van der Waals surface area contributed by atoms with Crippen molar-refractivity contribution in [2.75, 3.05) is 45.3 Å². The molecule has 1 aromatic carbocycles. The Bertz CT molecular complexity index is 779. The lowest BCUT2D eigenvalue weighted by Crippen LogP contribution is -2.54. The number of nitrogens with one attached hydrogen (secondary N) is 1. The van der Waals surface area contributed by atoms with Crippen molar-refractivity contribution in [3.05, 3.63) is 42.2 Å². The van der Waals surface area contributed by atoms with Gasteiger partial charge in [-0.05, 0) is 30.7 Å². The third-order valence-corrected chi connectivity index (χ3v) is 4.99. The van der Waals surface area contributed by atoms with Crippen molar-refractivity contribution >= 4 is 11.9 Å². The highest BCUT2D eigenvalue weighted by molar-refractivity contribution is 5.81. The molecule has 1 aliphatic heterocycles. The lowest BCUT2D eigenvalue weighted by Gasteiger charge is -2.37. The highest BCUT2D eigenvalue weighted by atomic mass is 16.5. The average molecular weight is 385 g/mol. The number of carbonyl (C=O) groups is 1. The number of hydrogen-bond donors (Lipinski definition) is 1. The van der Waals surface area contributed by atoms with E-state index in [1.54, 1.807) is 26.6 Å². The molecule has 2 aromatic rings. The van der Waals surface area contributed by atoms with Crippen LogP contribution in [0, 0.1) is 0 Å². The third-order valence-electron chi connectivity index (χ3n) is 4.99. The van der Waals surface area contributed by atoms with E-state index in [9.17, 15) is 4.79 Å². The van der Waals surface area contributed by atoms with Gasteiger partial charge < -0.3 is 19.7 Å². The van der Waals surface area contributed by atoms with Crippen LogP contribution in [0.25, 0.3) is 0 Å². The van der Waals surface area contributed by atoms with Gasteiger partial charge in [0.1, 0.15) is 0 Å². The molecule has 1 N–H and O–H groups in total. The highest BCUT2D eigenvalue weighted by Crippen LogP contribution is 2.27. The third kappa shape index (κ3) is 4.69. The number of rotatable bonds is 7. The number of ether oxygens (including phenoxy) is 2. The number of piperazine rings is 1. The highest BCUT2D eigenvalue weighted by Gasteiger charge is 2.26. The quantitative estimate of drug-likeness (QED) is 0.770. The molecule has 0 aliphatic carbocycles. The Kier molecular flexibility index (Phi) is 6.65. The van der Waals surface area contributed by atoms with Gasteiger partial charge in [-0.25, -0.2) is 9.97 Å². The summed E-state index contributed by atoms with van der Waals surface area (Å²) in [5.41, 5.74) is 0.962. The first-order valence-corrected chi connectivity index (χ1v) is 9.37. The van der Waals surface area contributed by atoms with Crippen molar-refractivity contribution in [2.24, 2.45) is 0 Å². The molecule has 2 heterocycles. The average Bonchev–Trinajstić information content (AvgIpc) is 2.77. The minimum absolute atomic E-state index is 0.0131. The zero-order valence-corrected chi connectivity index (χ0v) is 16.6. The van der Waals surface area contributed by atoms with Gasteiger partial charge in [-0.3, -0.25) is 9.69 Å². The normalized spacial score (nSPS) is 15.8. The van der Waals surface area contributed by atoms with Gasteiger partial charge in [-0.15, -0.1) is 0 Å². The summed E-state index contributed by atoms with van der Waals surface area (Å²) in [6.07, 6.45) is 3.50. The van der Waals surface area contributed by atoms with Crippen molar-refractivity contribution in [1.29, 1.82) is 0 Å². The molecule has 1 aliphatic rings. The molecule has 1 atom stereocenters. The van der Waals surface area contributed by atoms with Crippen LogP contribution in [0.15, 0.2) is 36.7 Å². The molecular weight excluding hydrogens is 358 g/mol. The first kappa shape index (κ1) is 19.9.